The summed E-state index contributed by atoms with van der Waals surface area (Å²) in [6, 6.07) is 11.4. The summed E-state index contributed by atoms with van der Waals surface area (Å²) in [5, 5.41) is 3.75. The summed E-state index contributed by atoms with van der Waals surface area (Å²) in [6.07, 6.45) is -3.87. The highest BCUT2D eigenvalue weighted by atomic mass is 35.5. The molecule has 5 rings (SSSR count). The van der Waals surface area contributed by atoms with Crippen LogP contribution in [-0.4, -0.2) is 17.0 Å². The fourth-order valence-corrected chi connectivity index (χ4v) is 4.90. The van der Waals surface area contributed by atoms with Crippen LogP contribution in [0.25, 0.3) is 10.9 Å². The third-order valence-corrected chi connectivity index (χ3v) is 6.65. The van der Waals surface area contributed by atoms with Crippen molar-refractivity contribution in [3.8, 4) is 5.75 Å². The van der Waals surface area contributed by atoms with E-state index in [1.54, 1.807) is 12.1 Å². The summed E-state index contributed by atoms with van der Waals surface area (Å²) in [5.41, 5.74) is -0.125. The molecule has 2 unspecified atom stereocenters. The average Bonchev–Trinajstić information content (AvgIpc) is 3.27. The van der Waals surface area contributed by atoms with Crippen LogP contribution in [-0.2, 0) is 17.5 Å². The van der Waals surface area contributed by atoms with E-state index in [0.29, 0.717) is 24.4 Å². The topological polar surface area (TPSA) is 51.2 Å². The second kappa shape index (κ2) is 8.17. The summed E-state index contributed by atoms with van der Waals surface area (Å²) in [4.78, 5) is 16.1. The number of amides is 1. The molecule has 0 bridgehead atoms. The summed E-state index contributed by atoms with van der Waals surface area (Å²) in [7, 11) is 0. The molecule has 1 aromatic heterocycles. The number of nitrogens with one attached hydrogen (secondary N) is 1. The number of alkyl halides is 3. The molecule has 2 aliphatic rings. The highest BCUT2D eigenvalue weighted by molar-refractivity contribution is 6.30. The minimum absolute atomic E-state index is 0.0174. The van der Waals surface area contributed by atoms with Gasteiger partial charge in [-0.2, -0.15) is 13.2 Å². The van der Waals surface area contributed by atoms with E-state index in [2.05, 4.69) is 10.3 Å². The lowest BCUT2D eigenvalue weighted by Crippen LogP contribution is -2.28. The minimum Gasteiger partial charge on any atom is -0.490 e. The highest BCUT2D eigenvalue weighted by Gasteiger charge is 2.60. The van der Waals surface area contributed by atoms with E-state index in [1.807, 2.05) is 12.1 Å². The number of halogens is 5. The molecule has 33 heavy (non-hydrogen) atoms. The standard InChI is InChI=1S/C24H19ClF4N2O2/c25-13-3-1-12(2-4-13)11-30-23(32)22-16-8-15(9-17(16)22)33-20-10-21(24(27,28)29)31-19-6-5-14(26)7-18(19)20/h1-7,10,15-17,22H,8-9,11H2,(H,30,32). The minimum atomic E-state index is -4.65. The van der Waals surface area contributed by atoms with E-state index in [1.165, 1.54) is 6.07 Å². The second-order valence-corrected chi connectivity index (χ2v) is 9.01. The Bertz CT molecular complexity index is 1200. The van der Waals surface area contributed by atoms with Crippen molar-refractivity contribution in [2.45, 2.75) is 31.7 Å². The lowest BCUT2D eigenvalue weighted by atomic mass is 10.1. The number of fused-ring (bicyclic) bond motifs is 2. The van der Waals surface area contributed by atoms with Gasteiger partial charge in [0.25, 0.3) is 0 Å². The van der Waals surface area contributed by atoms with Gasteiger partial charge in [0.15, 0.2) is 0 Å². The van der Waals surface area contributed by atoms with Gasteiger partial charge in [-0.1, -0.05) is 23.7 Å². The Morgan fingerprint density at radius 1 is 1.09 bits per heavy atom. The van der Waals surface area contributed by atoms with E-state index in [9.17, 15) is 22.4 Å². The molecule has 4 nitrogen and oxygen atoms in total. The van der Waals surface area contributed by atoms with Gasteiger partial charge in [0.05, 0.1) is 11.6 Å². The number of pyridine rings is 1. The number of hydrogen-bond donors (Lipinski definition) is 1. The fraction of sp³-hybridized carbons (Fsp3) is 0.333. The Labute approximate surface area is 191 Å². The average molecular weight is 479 g/mol. The largest absolute Gasteiger partial charge is 0.490 e. The van der Waals surface area contributed by atoms with E-state index in [-0.39, 0.29) is 46.4 Å². The molecule has 1 amide bonds. The summed E-state index contributed by atoms with van der Waals surface area (Å²) >= 11 is 5.86. The van der Waals surface area contributed by atoms with Gasteiger partial charge in [-0.25, -0.2) is 9.37 Å². The maximum Gasteiger partial charge on any atom is 0.433 e. The van der Waals surface area contributed by atoms with Crippen molar-refractivity contribution < 1.29 is 27.1 Å². The molecule has 2 atom stereocenters. The first-order valence-corrected chi connectivity index (χ1v) is 10.9. The predicted octanol–water partition coefficient (Wildman–Crippen LogP) is 5.77. The van der Waals surface area contributed by atoms with Gasteiger partial charge in [0, 0.05) is 28.9 Å². The van der Waals surface area contributed by atoms with Gasteiger partial charge in [0.2, 0.25) is 5.91 Å². The van der Waals surface area contributed by atoms with Crippen LogP contribution in [0.1, 0.15) is 24.1 Å². The van der Waals surface area contributed by atoms with Crippen LogP contribution < -0.4 is 10.1 Å². The number of benzene rings is 2. The van der Waals surface area contributed by atoms with Crippen LogP contribution in [0.15, 0.2) is 48.5 Å². The van der Waals surface area contributed by atoms with Crippen LogP contribution in [0.5, 0.6) is 5.75 Å². The number of carbonyl (C=O) groups excluding carboxylic acids is 1. The maximum atomic E-state index is 13.7. The van der Waals surface area contributed by atoms with Gasteiger partial charge in [-0.3, -0.25) is 4.79 Å². The third kappa shape index (κ3) is 4.49. The van der Waals surface area contributed by atoms with E-state index >= 15 is 0 Å². The molecule has 9 heteroatoms. The smallest absolute Gasteiger partial charge is 0.433 e. The molecule has 2 aromatic carbocycles. The first-order valence-electron chi connectivity index (χ1n) is 10.6. The molecule has 2 saturated carbocycles. The fourth-order valence-electron chi connectivity index (χ4n) is 4.77. The van der Waals surface area contributed by atoms with Gasteiger partial charge < -0.3 is 10.1 Å². The van der Waals surface area contributed by atoms with Crippen molar-refractivity contribution in [1.82, 2.24) is 10.3 Å². The summed E-state index contributed by atoms with van der Waals surface area (Å²) < 4.78 is 59.4. The second-order valence-electron chi connectivity index (χ2n) is 8.57. The molecular formula is C24H19ClF4N2O2. The summed E-state index contributed by atoms with van der Waals surface area (Å²) in [6.45, 7) is 0.403. The van der Waals surface area contributed by atoms with Crippen molar-refractivity contribution in [2.75, 3.05) is 0 Å². The zero-order chi connectivity index (χ0) is 23.3. The number of hydrogen-bond acceptors (Lipinski definition) is 3. The molecule has 1 heterocycles. The molecule has 0 saturated heterocycles. The molecule has 1 N–H and O–H groups in total. The summed E-state index contributed by atoms with van der Waals surface area (Å²) in [5.74, 6) is -0.509. The molecular weight excluding hydrogens is 460 g/mol. The molecule has 2 aliphatic carbocycles. The SMILES string of the molecule is O=C(NCc1ccc(Cl)cc1)C1C2CC(Oc3cc(C(F)(F)F)nc4ccc(F)cc34)CC21. The van der Waals surface area contributed by atoms with Crippen LogP contribution in [0.4, 0.5) is 17.6 Å². The van der Waals surface area contributed by atoms with Crippen molar-refractivity contribution in [2.24, 2.45) is 17.8 Å². The molecule has 172 valence electrons. The predicted molar refractivity (Wildman–Crippen MR) is 114 cm³/mol. The molecule has 0 spiro atoms. The Morgan fingerprint density at radius 2 is 1.79 bits per heavy atom. The molecule has 0 aliphatic heterocycles. The van der Waals surface area contributed by atoms with Crippen molar-refractivity contribution in [1.29, 1.82) is 0 Å². The van der Waals surface area contributed by atoms with Crippen molar-refractivity contribution in [3.05, 3.63) is 70.6 Å². The van der Waals surface area contributed by atoms with E-state index < -0.39 is 17.7 Å². The Hall–Kier alpha value is -2.87. The lowest BCUT2D eigenvalue weighted by molar-refractivity contribution is -0.141. The van der Waals surface area contributed by atoms with Gasteiger partial charge in [-0.15, -0.1) is 0 Å². The van der Waals surface area contributed by atoms with Crippen LogP contribution >= 0.6 is 11.6 Å². The number of rotatable bonds is 5. The van der Waals surface area contributed by atoms with Gasteiger partial charge in [-0.05, 0) is 60.6 Å². The monoisotopic (exact) mass is 478 g/mol. The molecule has 0 radical (unpaired) electrons. The molecule has 2 fully saturated rings. The molecule has 3 aromatic rings. The Morgan fingerprint density at radius 3 is 2.45 bits per heavy atom. The zero-order valence-corrected chi connectivity index (χ0v) is 18.0. The first kappa shape index (κ1) is 21.9. The third-order valence-electron chi connectivity index (χ3n) is 6.40. The normalized spacial score (nSPS) is 23.9. The first-order chi connectivity index (χ1) is 15.7. The number of aromatic nitrogens is 1. The Balaban J connectivity index is 1.24. The van der Waals surface area contributed by atoms with Crippen LogP contribution in [0, 0.1) is 23.6 Å². The van der Waals surface area contributed by atoms with E-state index in [0.717, 1.165) is 23.8 Å². The van der Waals surface area contributed by atoms with Crippen molar-refractivity contribution in [3.63, 3.8) is 0 Å². The van der Waals surface area contributed by atoms with Crippen LogP contribution in [0.2, 0.25) is 5.02 Å². The van der Waals surface area contributed by atoms with Crippen LogP contribution in [0.3, 0.4) is 0 Å². The number of ether oxygens (including phenoxy) is 1. The number of nitrogens with zero attached hydrogens (tertiary/aromatic N) is 1. The Kier molecular flexibility index (Phi) is 5.43. The highest BCUT2D eigenvalue weighted by Crippen LogP contribution is 2.58. The van der Waals surface area contributed by atoms with Crippen molar-refractivity contribution >= 4 is 28.4 Å². The van der Waals surface area contributed by atoms with Gasteiger partial charge in [0.1, 0.15) is 17.3 Å². The quantitative estimate of drug-likeness (QED) is 0.474. The maximum absolute atomic E-state index is 13.7. The zero-order valence-electron chi connectivity index (χ0n) is 17.2. The van der Waals surface area contributed by atoms with Gasteiger partial charge >= 0.3 is 6.18 Å². The van der Waals surface area contributed by atoms with E-state index in [4.69, 9.17) is 16.3 Å². The number of carbonyl (C=O) groups is 1. The lowest BCUT2D eigenvalue weighted by Gasteiger charge is -2.19.